The lowest BCUT2D eigenvalue weighted by atomic mass is 10.7. The molecule has 0 bridgehead atoms. The molecule has 0 atom stereocenters. The van der Waals surface area contributed by atoms with Crippen LogP contribution in [0.2, 0.25) is 0 Å². The van der Waals surface area contributed by atoms with Crippen LogP contribution in [0, 0.1) is 0 Å². The van der Waals surface area contributed by atoms with Gasteiger partial charge < -0.3 is 0 Å². The van der Waals surface area contributed by atoms with E-state index in [2.05, 4.69) is 50.2 Å². The van der Waals surface area contributed by atoms with Crippen LogP contribution < -0.4 is 0 Å². The van der Waals surface area contributed by atoms with Crippen LogP contribution in [0.4, 0.5) is 0 Å². The van der Waals surface area contributed by atoms with Crippen molar-refractivity contribution in [2.75, 3.05) is 0 Å². The fourth-order valence-electron chi connectivity index (χ4n) is 0.333. The molecule has 4 heteroatoms. The van der Waals surface area contributed by atoms with Crippen molar-refractivity contribution in [3.05, 3.63) is 16.6 Å². The quantitative estimate of drug-likeness (QED) is 0.560. The van der Waals surface area contributed by atoms with E-state index in [1.165, 1.54) is 4.88 Å². The van der Waals surface area contributed by atoms with E-state index in [0.29, 0.717) is 1.93 Å². The summed E-state index contributed by atoms with van der Waals surface area (Å²) in [5, 5.41) is 0. The zero-order valence-corrected chi connectivity index (χ0v) is 8.97. The summed E-state index contributed by atoms with van der Waals surface area (Å²) in [5.41, 5.74) is 1.86. The minimum absolute atomic E-state index is 0.581. The van der Waals surface area contributed by atoms with E-state index in [0.717, 1.165) is 0 Å². The van der Waals surface area contributed by atoms with Gasteiger partial charge in [0.05, 0.1) is 7.44 Å². The number of alkyl halides is 2. The van der Waals surface area contributed by atoms with Crippen LogP contribution in [0.5, 0.6) is 0 Å². The van der Waals surface area contributed by atoms with Crippen LogP contribution in [-0.2, 0) is 0 Å². The summed E-state index contributed by atoms with van der Waals surface area (Å²) in [6.07, 6.45) is 1.91. The third kappa shape index (κ3) is 1.80. The van der Waals surface area contributed by atoms with Gasteiger partial charge in [-0.3, -0.25) is 4.98 Å². The second kappa shape index (κ2) is 3.31. The van der Waals surface area contributed by atoms with Gasteiger partial charge in [-0.25, -0.2) is 0 Å². The Morgan fingerprint density at radius 2 is 2.38 bits per heavy atom. The summed E-state index contributed by atoms with van der Waals surface area (Å²) >= 11 is 6.43. The highest BCUT2D eigenvalue weighted by Crippen LogP contribution is 2.32. The summed E-state index contributed by atoms with van der Waals surface area (Å²) in [7, 11) is 0. The molecule has 0 radical (unpaired) electrons. The summed E-state index contributed by atoms with van der Waals surface area (Å²) in [4.78, 5) is 5.29. The molecule has 1 heterocycles. The zero-order chi connectivity index (χ0) is 5.98. The van der Waals surface area contributed by atoms with Gasteiger partial charge in [-0.1, -0.05) is 45.2 Å². The van der Waals surface area contributed by atoms with Crippen LogP contribution >= 0.6 is 56.5 Å². The van der Waals surface area contributed by atoms with E-state index in [9.17, 15) is 0 Å². The average Bonchev–Trinajstić information content (AvgIpc) is 2.12. The summed E-state index contributed by atoms with van der Waals surface area (Å²) in [5.74, 6) is 0. The Balaban J connectivity index is 2.77. The van der Waals surface area contributed by atoms with Gasteiger partial charge in [0.1, 0.15) is 0 Å². The van der Waals surface area contributed by atoms with Crippen LogP contribution in [-0.4, -0.2) is 4.98 Å². The van der Waals surface area contributed by atoms with Crippen molar-refractivity contribution < 1.29 is 0 Å². The van der Waals surface area contributed by atoms with Crippen molar-refractivity contribution in [3.8, 4) is 0 Å². The second-order valence-corrected chi connectivity index (χ2v) is 7.00. The van der Waals surface area contributed by atoms with Gasteiger partial charge in [-0.15, -0.1) is 11.3 Å². The molecule has 0 saturated carbocycles. The standard InChI is InChI=1S/C4H3I2NS/c5-4(6)3-1-7-2-8-3/h1-2,4H. The Hall–Kier alpha value is 1.09. The monoisotopic (exact) mass is 351 g/mol. The van der Waals surface area contributed by atoms with E-state index >= 15 is 0 Å². The molecule has 1 rings (SSSR count). The molecule has 0 amide bonds. The minimum Gasteiger partial charge on any atom is -0.253 e. The van der Waals surface area contributed by atoms with Gasteiger partial charge in [0.2, 0.25) is 0 Å². The molecular weight excluding hydrogens is 348 g/mol. The van der Waals surface area contributed by atoms with Gasteiger partial charge >= 0.3 is 0 Å². The van der Waals surface area contributed by atoms with Crippen molar-refractivity contribution in [2.24, 2.45) is 0 Å². The number of aromatic nitrogens is 1. The first-order valence-corrected chi connectivity index (χ1v) is 5.34. The fourth-order valence-corrected chi connectivity index (χ4v) is 2.00. The lowest BCUT2D eigenvalue weighted by molar-refractivity contribution is 1.38. The summed E-state index contributed by atoms with van der Waals surface area (Å²) in [6.45, 7) is 0. The van der Waals surface area contributed by atoms with E-state index in [4.69, 9.17) is 0 Å². The smallest absolute Gasteiger partial charge is 0.0982 e. The van der Waals surface area contributed by atoms with E-state index < -0.39 is 0 Å². The molecule has 0 spiro atoms. The lowest BCUT2D eigenvalue weighted by Crippen LogP contribution is -1.66. The number of halogens is 2. The molecule has 0 aliphatic carbocycles. The molecule has 0 unspecified atom stereocenters. The minimum atomic E-state index is 0.581. The molecule has 0 fully saturated rings. The Morgan fingerprint density at radius 3 is 2.62 bits per heavy atom. The van der Waals surface area contributed by atoms with E-state index in [1.807, 2.05) is 11.7 Å². The largest absolute Gasteiger partial charge is 0.253 e. The van der Waals surface area contributed by atoms with Crippen molar-refractivity contribution >= 4 is 56.5 Å². The Kier molecular flexibility index (Phi) is 2.98. The Bertz CT molecular complexity index is 149. The number of nitrogens with zero attached hydrogens (tertiary/aromatic N) is 1. The van der Waals surface area contributed by atoms with Crippen LogP contribution in [0.25, 0.3) is 0 Å². The van der Waals surface area contributed by atoms with Gasteiger partial charge in [0.25, 0.3) is 0 Å². The highest BCUT2D eigenvalue weighted by molar-refractivity contribution is 14.2. The molecule has 0 saturated heterocycles. The van der Waals surface area contributed by atoms with E-state index in [-0.39, 0.29) is 0 Å². The molecule has 0 aromatic carbocycles. The van der Waals surface area contributed by atoms with Gasteiger partial charge in [-0.05, 0) is 0 Å². The van der Waals surface area contributed by atoms with Gasteiger partial charge in [-0.2, -0.15) is 0 Å². The van der Waals surface area contributed by atoms with Crippen molar-refractivity contribution in [2.45, 2.75) is 1.93 Å². The third-order valence-corrected chi connectivity index (χ3v) is 3.69. The summed E-state index contributed by atoms with van der Waals surface area (Å²) in [6, 6.07) is 0. The Labute approximate surface area is 79.2 Å². The second-order valence-electron chi connectivity index (χ2n) is 1.20. The normalized spacial score (nSPS) is 10.4. The summed E-state index contributed by atoms with van der Waals surface area (Å²) < 4.78 is 0.581. The molecule has 0 N–H and O–H groups in total. The van der Waals surface area contributed by atoms with Crippen LogP contribution in [0.3, 0.4) is 0 Å². The predicted molar refractivity (Wildman–Crippen MR) is 52.9 cm³/mol. The third-order valence-electron chi connectivity index (χ3n) is 0.666. The average molecular weight is 351 g/mol. The number of rotatable bonds is 1. The highest BCUT2D eigenvalue weighted by Gasteiger charge is 2.00. The topological polar surface area (TPSA) is 12.9 Å². The SMILES string of the molecule is IC(I)c1cncs1. The molecule has 0 aliphatic rings. The molecule has 44 valence electrons. The van der Waals surface area contributed by atoms with Crippen molar-refractivity contribution in [1.29, 1.82) is 0 Å². The molecule has 1 aromatic rings. The first-order valence-electron chi connectivity index (χ1n) is 1.97. The maximum Gasteiger partial charge on any atom is 0.0982 e. The van der Waals surface area contributed by atoms with Crippen molar-refractivity contribution in [3.63, 3.8) is 0 Å². The molecule has 1 aromatic heterocycles. The van der Waals surface area contributed by atoms with Gasteiger partial charge in [0, 0.05) is 11.1 Å². The molecular formula is C4H3I2NS. The fraction of sp³-hybridized carbons (Fsp3) is 0.250. The van der Waals surface area contributed by atoms with Crippen molar-refractivity contribution in [1.82, 2.24) is 4.98 Å². The zero-order valence-electron chi connectivity index (χ0n) is 3.84. The first kappa shape index (κ1) is 7.20. The molecule has 1 nitrogen and oxygen atoms in total. The highest BCUT2D eigenvalue weighted by atomic mass is 127. The molecule has 0 aliphatic heterocycles. The maximum atomic E-state index is 3.95. The number of hydrogen-bond donors (Lipinski definition) is 0. The number of hydrogen-bond acceptors (Lipinski definition) is 2. The lowest BCUT2D eigenvalue weighted by Gasteiger charge is -1.90. The predicted octanol–water partition coefficient (Wildman–Crippen LogP) is 3.01. The van der Waals surface area contributed by atoms with E-state index in [1.54, 1.807) is 11.3 Å². The maximum absolute atomic E-state index is 3.95. The Morgan fingerprint density at radius 1 is 1.62 bits per heavy atom. The molecule has 8 heavy (non-hydrogen) atoms. The van der Waals surface area contributed by atoms with Crippen LogP contribution in [0.1, 0.15) is 6.81 Å². The van der Waals surface area contributed by atoms with Gasteiger partial charge in [0.15, 0.2) is 0 Å². The van der Waals surface area contributed by atoms with Crippen LogP contribution in [0.15, 0.2) is 11.7 Å². The first-order chi connectivity index (χ1) is 3.80. The number of thiazole rings is 1.